The van der Waals surface area contributed by atoms with Gasteiger partial charge in [0.25, 0.3) is 5.91 Å². The molecule has 104 valence electrons. The van der Waals surface area contributed by atoms with E-state index in [9.17, 15) is 4.79 Å². The fraction of sp³-hybridized carbons (Fsp3) is 0.533. The second-order valence-corrected chi connectivity index (χ2v) is 6.05. The van der Waals surface area contributed by atoms with Crippen LogP contribution in [0.4, 0.5) is 5.69 Å². The van der Waals surface area contributed by atoms with Crippen LogP contribution in [-0.4, -0.2) is 30.9 Å². The van der Waals surface area contributed by atoms with Crippen molar-refractivity contribution in [3.05, 3.63) is 28.8 Å². The van der Waals surface area contributed by atoms with Crippen molar-refractivity contribution < 1.29 is 4.79 Å². The first-order chi connectivity index (χ1) is 8.97. The minimum absolute atomic E-state index is 0.00205. The number of rotatable bonds is 5. The molecule has 1 fully saturated rings. The Morgan fingerprint density at radius 2 is 2.16 bits per heavy atom. The van der Waals surface area contributed by atoms with E-state index in [1.54, 1.807) is 31.1 Å². The molecule has 2 rings (SSSR count). The van der Waals surface area contributed by atoms with Gasteiger partial charge in [-0.1, -0.05) is 24.4 Å². The van der Waals surface area contributed by atoms with Crippen molar-refractivity contribution in [3.8, 4) is 0 Å². The Kier molecular flexibility index (Phi) is 4.35. The van der Waals surface area contributed by atoms with Gasteiger partial charge in [0.1, 0.15) is 0 Å². The van der Waals surface area contributed by atoms with Gasteiger partial charge in [-0.05, 0) is 37.5 Å². The van der Waals surface area contributed by atoms with Crippen LogP contribution in [0.3, 0.4) is 0 Å². The Morgan fingerprint density at radius 3 is 2.74 bits per heavy atom. The van der Waals surface area contributed by atoms with Crippen LogP contribution >= 0.6 is 11.6 Å². The Morgan fingerprint density at radius 1 is 1.47 bits per heavy atom. The summed E-state index contributed by atoms with van der Waals surface area (Å²) in [4.78, 5) is 13.7. The summed E-state index contributed by atoms with van der Waals surface area (Å²) in [5.74, 6) is 0.854. The first-order valence-corrected chi connectivity index (χ1v) is 7.13. The lowest BCUT2D eigenvalue weighted by Crippen LogP contribution is -2.24. The predicted molar refractivity (Wildman–Crippen MR) is 79.9 cm³/mol. The average molecular weight is 281 g/mol. The molecule has 0 saturated heterocycles. The normalized spacial score (nSPS) is 16.0. The fourth-order valence-corrected chi connectivity index (χ4v) is 2.41. The van der Waals surface area contributed by atoms with Crippen molar-refractivity contribution in [2.45, 2.75) is 32.2 Å². The number of halogens is 1. The van der Waals surface area contributed by atoms with E-state index in [2.05, 4.69) is 12.2 Å². The molecule has 0 heterocycles. The van der Waals surface area contributed by atoms with Gasteiger partial charge in [-0.3, -0.25) is 4.79 Å². The van der Waals surface area contributed by atoms with E-state index >= 15 is 0 Å². The van der Waals surface area contributed by atoms with Crippen molar-refractivity contribution >= 4 is 23.2 Å². The molecule has 3 nitrogen and oxygen atoms in total. The van der Waals surface area contributed by atoms with E-state index in [4.69, 9.17) is 11.6 Å². The molecule has 0 aliphatic heterocycles. The van der Waals surface area contributed by atoms with E-state index in [0.29, 0.717) is 16.6 Å². The summed E-state index contributed by atoms with van der Waals surface area (Å²) in [5, 5.41) is 4.08. The third-order valence-corrected chi connectivity index (χ3v) is 3.64. The molecule has 1 amide bonds. The molecular weight excluding hydrogens is 260 g/mol. The minimum atomic E-state index is -0.00205. The lowest BCUT2D eigenvalue weighted by atomic mass is 10.1. The third-order valence-electron chi connectivity index (χ3n) is 3.40. The smallest absolute Gasteiger partial charge is 0.255 e. The number of nitrogens with one attached hydrogen (secondary N) is 1. The number of carbonyl (C=O) groups is 1. The summed E-state index contributed by atoms with van der Waals surface area (Å²) >= 11 is 6.04. The molecule has 0 bridgehead atoms. The van der Waals surface area contributed by atoms with Crippen LogP contribution in [0.5, 0.6) is 0 Å². The van der Waals surface area contributed by atoms with E-state index in [1.807, 2.05) is 6.07 Å². The summed E-state index contributed by atoms with van der Waals surface area (Å²) in [6.07, 6.45) is 3.83. The van der Waals surface area contributed by atoms with Gasteiger partial charge in [0, 0.05) is 30.8 Å². The molecule has 1 aliphatic carbocycles. The average Bonchev–Trinajstić information content (AvgIpc) is 3.12. The van der Waals surface area contributed by atoms with Crippen molar-refractivity contribution in [3.63, 3.8) is 0 Å². The highest BCUT2D eigenvalue weighted by molar-refractivity contribution is 6.31. The number of anilines is 1. The highest BCUT2D eigenvalue weighted by atomic mass is 35.5. The van der Waals surface area contributed by atoms with Gasteiger partial charge in [0.15, 0.2) is 0 Å². The van der Waals surface area contributed by atoms with Crippen LogP contribution < -0.4 is 5.32 Å². The van der Waals surface area contributed by atoms with Crippen LogP contribution in [-0.2, 0) is 0 Å². The molecule has 1 aromatic carbocycles. The molecule has 0 aromatic heterocycles. The number of benzene rings is 1. The quantitative estimate of drug-likeness (QED) is 0.893. The fourth-order valence-electron chi connectivity index (χ4n) is 2.24. The molecule has 1 N–H and O–H groups in total. The number of nitrogens with zero attached hydrogens (tertiary/aromatic N) is 1. The number of hydrogen-bond donors (Lipinski definition) is 1. The first kappa shape index (κ1) is 14.2. The maximum atomic E-state index is 12.1. The summed E-state index contributed by atoms with van der Waals surface area (Å²) in [6, 6.07) is 5.74. The zero-order valence-electron chi connectivity index (χ0n) is 11.7. The van der Waals surface area contributed by atoms with Crippen LogP contribution in [0.1, 0.15) is 36.5 Å². The summed E-state index contributed by atoms with van der Waals surface area (Å²) in [6.45, 7) is 2.16. The topological polar surface area (TPSA) is 32.3 Å². The second kappa shape index (κ2) is 5.83. The first-order valence-electron chi connectivity index (χ1n) is 6.75. The monoisotopic (exact) mass is 280 g/mol. The van der Waals surface area contributed by atoms with Crippen LogP contribution in [0, 0.1) is 5.92 Å². The largest absolute Gasteiger partial charge is 0.382 e. The molecule has 1 aliphatic rings. The SMILES string of the molecule is CC(CC1CC1)Nc1cc(Cl)ccc1C(=O)N(C)C. The highest BCUT2D eigenvalue weighted by Gasteiger charge is 2.24. The molecule has 1 aromatic rings. The third kappa shape index (κ3) is 3.87. The molecule has 1 saturated carbocycles. The number of carbonyl (C=O) groups excluding carboxylic acids is 1. The van der Waals surface area contributed by atoms with Crippen molar-refractivity contribution in [1.82, 2.24) is 4.90 Å². The Bertz CT molecular complexity index is 469. The summed E-state index contributed by atoms with van der Waals surface area (Å²) in [5.41, 5.74) is 1.51. The molecular formula is C15H21ClN2O. The molecule has 19 heavy (non-hydrogen) atoms. The summed E-state index contributed by atoms with van der Waals surface area (Å²) < 4.78 is 0. The van der Waals surface area contributed by atoms with Gasteiger partial charge in [0.2, 0.25) is 0 Å². The van der Waals surface area contributed by atoms with E-state index < -0.39 is 0 Å². The number of amides is 1. The molecule has 1 unspecified atom stereocenters. The summed E-state index contributed by atoms with van der Waals surface area (Å²) in [7, 11) is 3.52. The van der Waals surface area contributed by atoms with E-state index in [-0.39, 0.29) is 5.91 Å². The van der Waals surface area contributed by atoms with E-state index in [0.717, 1.165) is 18.0 Å². The van der Waals surface area contributed by atoms with Crippen LogP contribution in [0.25, 0.3) is 0 Å². The lowest BCUT2D eigenvalue weighted by molar-refractivity contribution is 0.0828. The standard InChI is InChI=1S/C15H21ClN2O/c1-10(8-11-4-5-11)17-14-9-12(16)6-7-13(14)15(19)18(2)3/h6-7,9-11,17H,4-5,8H2,1-3H3. The minimum Gasteiger partial charge on any atom is -0.382 e. The van der Waals surface area contributed by atoms with Gasteiger partial charge in [0.05, 0.1) is 5.56 Å². The molecule has 4 heteroatoms. The van der Waals surface area contributed by atoms with Crippen molar-refractivity contribution in [2.75, 3.05) is 19.4 Å². The van der Waals surface area contributed by atoms with Gasteiger partial charge >= 0.3 is 0 Å². The zero-order chi connectivity index (χ0) is 14.0. The maximum Gasteiger partial charge on any atom is 0.255 e. The zero-order valence-corrected chi connectivity index (χ0v) is 12.5. The predicted octanol–water partition coefficient (Wildman–Crippen LogP) is 3.64. The number of hydrogen-bond acceptors (Lipinski definition) is 2. The Balaban J connectivity index is 2.16. The van der Waals surface area contributed by atoms with Crippen molar-refractivity contribution in [1.29, 1.82) is 0 Å². The van der Waals surface area contributed by atoms with Crippen LogP contribution in [0.15, 0.2) is 18.2 Å². The van der Waals surface area contributed by atoms with Gasteiger partial charge in [-0.25, -0.2) is 0 Å². The Hall–Kier alpha value is -1.22. The molecule has 1 atom stereocenters. The van der Waals surface area contributed by atoms with Crippen molar-refractivity contribution in [2.24, 2.45) is 5.92 Å². The molecule has 0 radical (unpaired) electrons. The molecule has 0 spiro atoms. The second-order valence-electron chi connectivity index (χ2n) is 5.61. The van der Waals surface area contributed by atoms with Gasteiger partial charge in [-0.15, -0.1) is 0 Å². The Labute approximate surface area is 119 Å². The lowest BCUT2D eigenvalue weighted by Gasteiger charge is -2.19. The van der Waals surface area contributed by atoms with E-state index in [1.165, 1.54) is 12.8 Å². The van der Waals surface area contributed by atoms with Crippen LogP contribution in [0.2, 0.25) is 5.02 Å². The highest BCUT2D eigenvalue weighted by Crippen LogP contribution is 2.34. The maximum absolute atomic E-state index is 12.1. The van der Waals surface area contributed by atoms with Gasteiger partial charge in [-0.2, -0.15) is 0 Å². The van der Waals surface area contributed by atoms with Gasteiger partial charge < -0.3 is 10.2 Å².